The molecule has 0 aromatic heterocycles. The van der Waals surface area contributed by atoms with Crippen LogP contribution in [0.15, 0.2) is 158 Å². The highest BCUT2D eigenvalue weighted by Gasteiger charge is 2.17. The second kappa shape index (κ2) is 12.1. The van der Waals surface area contributed by atoms with Gasteiger partial charge in [-0.15, -0.1) is 0 Å². The van der Waals surface area contributed by atoms with Crippen LogP contribution in [-0.2, 0) is 0 Å². The van der Waals surface area contributed by atoms with Crippen LogP contribution in [0.2, 0.25) is 0 Å². The van der Waals surface area contributed by atoms with Gasteiger partial charge in [-0.1, -0.05) is 127 Å². The van der Waals surface area contributed by atoms with Crippen molar-refractivity contribution < 1.29 is 14.7 Å². The van der Waals surface area contributed by atoms with Crippen molar-refractivity contribution in [1.82, 2.24) is 0 Å². The lowest BCUT2D eigenvalue weighted by Crippen LogP contribution is -2.09. The van der Waals surface area contributed by atoms with Gasteiger partial charge in [-0.25, -0.2) is 4.79 Å². The summed E-state index contributed by atoms with van der Waals surface area (Å²) >= 11 is 0. The maximum atomic E-state index is 12.1. The molecule has 0 spiro atoms. The van der Waals surface area contributed by atoms with Gasteiger partial charge in [0.25, 0.3) is 0 Å². The van der Waals surface area contributed by atoms with E-state index in [1.807, 2.05) is 0 Å². The Kier molecular flexibility index (Phi) is 7.58. The third kappa shape index (κ3) is 5.40. The van der Waals surface area contributed by atoms with E-state index >= 15 is 0 Å². The molecule has 0 aliphatic heterocycles. The summed E-state index contributed by atoms with van der Waals surface area (Å²) in [4.78, 5) is 23.1. The molecule has 220 valence electrons. The van der Waals surface area contributed by atoms with Gasteiger partial charge in [0, 0.05) is 11.1 Å². The largest absolute Gasteiger partial charge is 0.478 e. The predicted octanol–water partition coefficient (Wildman–Crippen LogP) is 10.9. The summed E-state index contributed by atoms with van der Waals surface area (Å²) in [6.45, 7) is 2.23. The van der Waals surface area contributed by atoms with Crippen molar-refractivity contribution in [2.45, 2.75) is 6.92 Å². The lowest BCUT2D eigenvalue weighted by molar-refractivity contribution is 0.0692. The van der Waals surface area contributed by atoms with Gasteiger partial charge >= 0.3 is 5.97 Å². The summed E-state index contributed by atoms with van der Waals surface area (Å²) in [6.07, 6.45) is 0. The number of carboxylic acid groups (broad SMARTS) is 1. The molecule has 8 rings (SSSR count). The second-order valence-electron chi connectivity index (χ2n) is 11.4. The molecule has 0 saturated heterocycles. The predicted molar refractivity (Wildman–Crippen MR) is 190 cm³/mol. The minimum Gasteiger partial charge on any atom is -0.478 e. The molecular formula is C43H30O3. The highest BCUT2D eigenvalue weighted by molar-refractivity contribution is 6.14. The summed E-state index contributed by atoms with van der Waals surface area (Å²) < 4.78 is 0. The average Bonchev–Trinajstić information content (AvgIpc) is 3.10. The molecule has 0 fully saturated rings. The molecule has 0 radical (unpaired) electrons. The quantitative estimate of drug-likeness (QED) is 0.163. The van der Waals surface area contributed by atoms with Crippen molar-refractivity contribution in [1.29, 1.82) is 0 Å². The van der Waals surface area contributed by atoms with Crippen LogP contribution >= 0.6 is 0 Å². The fourth-order valence-corrected chi connectivity index (χ4v) is 6.28. The van der Waals surface area contributed by atoms with E-state index in [-0.39, 0.29) is 16.9 Å². The van der Waals surface area contributed by atoms with E-state index in [2.05, 4.69) is 110 Å². The smallest absolute Gasteiger partial charge is 0.336 e. The van der Waals surface area contributed by atoms with Gasteiger partial charge in [-0.2, -0.15) is 0 Å². The molecule has 8 aromatic rings. The summed E-state index contributed by atoms with van der Waals surface area (Å²) in [5.41, 5.74) is 4.70. The highest BCUT2D eigenvalue weighted by atomic mass is 16.4. The van der Waals surface area contributed by atoms with E-state index < -0.39 is 5.97 Å². The van der Waals surface area contributed by atoms with E-state index in [4.69, 9.17) is 5.11 Å². The van der Waals surface area contributed by atoms with Crippen LogP contribution in [-0.4, -0.2) is 16.9 Å². The molecule has 0 aliphatic rings. The topological polar surface area (TPSA) is 54.4 Å². The molecule has 0 heterocycles. The van der Waals surface area contributed by atoms with E-state index in [1.54, 1.807) is 42.5 Å². The first kappa shape index (κ1) is 28.7. The van der Waals surface area contributed by atoms with Gasteiger partial charge in [-0.05, 0) is 97.0 Å². The normalized spacial score (nSPS) is 11.0. The fraction of sp³-hybridized carbons (Fsp3) is 0.0233. The molecular weight excluding hydrogens is 564 g/mol. The van der Waals surface area contributed by atoms with Crippen LogP contribution < -0.4 is 0 Å². The van der Waals surface area contributed by atoms with E-state index in [1.165, 1.54) is 71.9 Å². The Morgan fingerprint density at radius 2 is 0.957 bits per heavy atom. The first-order valence-corrected chi connectivity index (χ1v) is 15.2. The number of carbonyl (C=O) groups is 2. The van der Waals surface area contributed by atoms with Crippen LogP contribution in [0.4, 0.5) is 0 Å². The van der Waals surface area contributed by atoms with Crippen LogP contribution in [0.5, 0.6) is 0 Å². The van der Waals surface area contributed by atoms with Gasteiger partial charge in [0.2, 0.25) is 0 Å². The summed E-state index contributed by atoms with van der Waals surface area (Å²) in [5.74, 6) is -1.37. The van der Waals surface area contributed by atoms with Crippen LogP contribution in [0.3, 0.4) is 0 Å². The number of hydrogen-bond donors (Lipinski definition) is 1. The van der Waals surface area contributed by atoms with Gasteiger partial charge in [0.1, 0.15) is 0 Å². The summed E-state index contributed by atoms with van der Waals surface area (Å²) in [5, 5.41) is 19.4. The number of benzene rings is 8. The van der Waals surface area contributed by atoms with Crippen molar-refractivity contribution in [2.24, 2.45) is 0 Å². The molecule has 0 bridgehead atoms. The van der Waals surface area contributed by atoms with Crippen LogP contribution in [0, 0.1) is 6.92 Å². The van der Waals surface area contributed by atoms with Crippen molar-refractivity contribution in [2.75, 3.05) is 0 Å². The zero-order valence-electron chi connectivity index (χ0n) is 25.3. The Balaban J connectivity index is 0.000000170. The van der Waals surface area contributed by atoms with E-state index in [0.29, 0.717) is 5.56 Å². The fourth-order valence-electron chi connectivity index (χ4n) is 6.28. The Bertz CT molecular complexity index is 2420. The lowest BCUT2D eigenvalue weighted by atomic mass is 9.89. The number of ketones is 1. The molecule has 3 heteroatoms. The first-order chi connectivity index (χ1) is 22.5. The van der Waals surface area contributed by atoms with E-state index in [0.717, 1.165) is 0 Å². The monoisotopic (exact) mass is 594 g/mol. The minimum absolute atomic E-state index is 0.0290. The Hall–Kier alpha value is -6.06. The molecule has 0 aliphatic carbocycles. The second-order valence-corrected chi connectivity index (χ2v) is 11.4. The van der Waals surface area contributed by atoms with Gasteiger partial charge in [0.05, 0.1) is 5.56 Å². The van der Waals surface area contributed by atoms with Gasteiger partial charge < -0.3 is 5.11 Å². The van der Waals surface area contributed by atoms with Crippen molar-refractivity contribution in [3.05, 3.63) is 180 Å². The standard InChI is InChI=1S/C29H20.C14H10O3/c1-19-13-14-25-16-21-8-3-5-10-23(21)18-28(25)29(19)26-12-6-11-24-15-20-7-2-4-9-22(20)17-27(24)26;15-13(10-6-2-1-3-7-10)11-8-4-5-9-12(11)14(16)17/h2-18H,1H3;1-9H,(H,16,17). The maximum Gasteiger partial charge on any atom is 0.336 e. The third-order valence-electron chi connectivity index (χ3n) is 8.55. The van der Waals surface area contributed by atoms with Crippen LogP contribution in [0.1, 0.15) is 31.8 Å². The molecule has 0 saturated carbocycles. The van der Waals surface area contributed by atoms with Gasteiger partial charge in [0.15, 0.2) is 5.78 Å². The number of hydrogen-bond acceptors (Lipinski definition) is 2. The van der Waals surface area contributed by atoms with Crippen molar-refractivity contribution in [3.63, 3.8) is 0 Å². The van der Waals surface area contributed by atoms with Crippen molar-refractivity contribution in [3.8, 4) is 11.1 Å². The third-order valence-corrected chi connectivity index (χ3v) is 8.55. The van der Waals surface area contributed by atoms with Crippen molar-refractivity contribution >= 4 is 54.8 Å². The Morgan fingerprint density at radius 1 is 0.457 bits per heavy atom. The molecule has 0 amide bonds. The number of carboxylic acids is 1. The number of aryl methyl sites for hydroxylation is 1. The Morgan fingerprint density at radius 3 is 1.59 bits per heavy atom. The molecule has 8 aromatic carbocycles. The molecule has 3 nitrogen and oxygen atoms in total. The number of carbonyl (C=O) groups excluding carboxylic acids is 1. The number of aromatic carboxylic acids is 1. The first-order valence-electron chi connectivity index (χ1n) is 15.2. The summed E-state index contributed by atoms with van der Waals surface area (Å²) in [6, 6.07) is 52.6. The maximum absolute atomic E-state index is 12.1. The minimum atomic E-state index is -1.09. The average molecular weight is 595 g/mol. The molecule has 0 atom stereocenters. The number of fused-ring (bicyclic) bond motifs is 4. The lowest BCUT2D eigenvalue weighted by Gasteiger charge is -2.15. The molecule has 0 unspecified atom stereocenters. The SMILES string of the molecule is Cc1ccc2cc3ccccc3cc2c1-c1cccc2cc3ccccc3cc12.O=C(O)c1ccccc1C(=O)c1ccccc1. The molecule has 46 heavy (non-hydrogen) atoms. The van der Waals surface area contributed by atoms with E-state index in [9.17, 15) is 9.59 Å². The highest BCUT2D eigenvalue weighted by Crippen LogP contribution is 2.39. The molecule has 1 N–H and O–H groups in total. The number of rotatable bonds is 4. The zero-order valence-corrected chi connectivity index (χ0v) is 25.3. The Labute approximate surface area is 267 Å². The zero-order chi connectivity index (χ0) is 31.6. The van der Waals surface area contributed by atoms with Crippen LogP contribution in [0.25, 0.3) is 54.2 Å². The van der Waals surface area contributed by atoms with Gasteiger partial charge in [-0.3, -0.25) is 4.79 Å². The summed E-state index contributed by atoms with van der Waals surface area (Å²) in [7, 11) is 0.